The second kappa shape index (κ2) is 15.2. The number of hydrogen-bond acceptors (Lipinski definition) is 8. The Balaban J connectivity index is 1.73. The second-order valence-electron chi connectivity index (χ2n) is 8.94. The van der Waals surface area contributed by atoms with Crippen molar-refractivity contribution < 1.29 is 24.2 Å². The number of methoxy groups -OCH3 is 2. The number of amides is 1. The molecule has 11 heteroatoms. The van der Waals surface area contributed by atoms with Crippen LogP contribution in [-0.2, 0) is 16.3 Å². The summed E-state index contributed by atoms with van der Waals surface area (Å²) in [4.78, 5) is 19.8. The number of nitrogens with zero attached hydrogens (tertiary/aromatic N) is 5. The van der Waals surface area contributed by atoms with E-state index in [-0.39, 0.29) is 11.6 Å². The molecule has 0 unspecified atom stereocenters. The topological polar surface area (TPSA) is 110 Å². The summed E-state index contributed by atoms with van der Waals surface area (Å²) in [6.07, 6.45) is 5.79. The molecule has 10 nitrogen and oxygen atoms in total. The van der Waals surface area contributed by atoms with Gasteiger partial charge in [-0.15, -0.1) is 10.2 Å². The Morgan fingerprint density at radius 1 is 1.05 bits per heavy atom. The minimum atomic E-state index is -0.637. The summed E-state index contributed by atoms with van der Waals surface area (Å²) < 4.78 is 13.1. The molecular weight excluding hydrogens is 566 g/mol. The van der Waals surface area contributed by atoms with Crippen LogP contribution >= 0.6 is 15.9 Å². The van der Waals surface area contributed by atoms with E-state index in [1.54, 1.807) is 32.4 Å². The van der Waals surface area contributed by atoms with Gasteiger partial charge < -0.3 is 19.4 Å². The zero-order valence-electron chi connectivity index (χ0n) is 22.9. The molecule has 1 aromatic heterocycles. The maximum absolute atomic E-state index is 12.3. The van der Waals surface area contributed by atoms with Crippen molar-refractivity contribution >= 4 is 44.6 Å². The average Bonchev–Trinajstić information content (AvgIpc) is 3.20. The lowest BCUT2D eigenvalue weighted by Gasteiger charge is -2.23. The van der Waals surface area contributed by atoms with Crippen LogP contribution in [0.2, 0.25) is 0 Å². The van der Waals surface area contributed by atoms with E-state index >= 15 is 0 Å². The lowest BCUT2D eigenvalue weighted by Crippen LogP contribution is -2.28. The predicted molar refractivity (Wildman–Crippen MR) is 155 cm³/mol. The maximum Gasteiger partial charge on any atom is 0.304 e. The molecule has 3 aromatic rings. The summed E-state index contributed by atoms with van der Waals surface area (Å²) in [5, 5.41) is 23.5. The van der Waals surface area contributed by atoms with Crippen LogP contribution in [0.4, 0.5) is 5.69 Å². The molecule has 0 fully saturated rings. The molecule has 1 amide bonds. The van der Waals surface area contributed by atoms with E-state index in [9.17, 15) is 9.90 Å². The van der Waals surface area contributed by atoms with Gasteiger partial charge in [0.1, 0.15) is 0 Å². The summed E-state index contributed by atoms with van der Waals surface area (Å²) in [5.74, 6) is 0.473. The van der Waals surface area contributed by atoms with E-state index in [1.807, 2.05) is 22.8 Å². The molecular formula is C28H36BrN5O5. The van der Waals surface area contributed by atoms with E-state index in [2.05, 4.69) is 50.1 Å². The first-order chi connectivity index (χ1) is 18.9. The summed E-state index contributed by atoms with van der Waals surface area (Å²) >= 11 is 3.49. The minimum Gasteiger partial charge on any atom is -0.493 e. The van der Waals surface area contributed by atoms with Gasteiger partial charge in [0.25, 0.3) is 0 Å². The zero-order valence-corrected chi connectivity index (χ0v) is 24.5. The molecule has 0 saturated heterocycles. The highest BCUT2D eigenvalue weighted by Crippen LogP contribution is 2.40. The van der Waals surface area contributed by atoms with Crippen molar-refractivity contribution in [3.05, 3.63) is 46.4 Å². The Morgan fingerprint density at radius 2 is 1.77 bits per heavy atom. The van der Waals surface area contributed by atoms with Crippen molar-refractivity contribution in [2.24, 2.45) is 15.4 Å². The first-order valence-corrected chi connectivity index (χ1v) is 13.8. The number of ether oxygens (including phenoxy) is 2. The Labute approximate surface area is 237 Å². The molecule has 2 aromatic carbocycles. The van der Waals surface area contributed by atoms with Crippen molar-refractivity contribution in [1.29, 1.82) is 0 Å². The van der Waals surface area contributed by atoms with Gasteiger partial charge in [-0.25, -0.2) is 0 Å². The lowest BCUT2D eigenvalue weighted by atomic mass is 10.2. The molecule has 0 radical (unpaired) electrons. The molecule has 0 bridgehead atoms. The highest BCUT2D eigenvalue weighted by molar-refractivity contribution is 9.10. The first kappa shape index (κ1) is 30.1. The fraction of sp³-hybridized carbons (Fsp3) is 0.429. The van der Waals surface area contributed by atoms with E-state index in [0.29, 0.717) is 29.1 Å². The third-order valence-electron chi connectivity index (χ3n) is 6.10. The number of aromatic hydroxyl groups is 1. The van der Waals surface area contributed by atoms with E-state index in [4.69, 9.17) is 14.3 Å². The van der Waals surface area contributed by atoms with Crippen molar-refractivity contribution in [3.8, 4) is 17.4 Å². The van der Waals surface area contributed by atoms with Crippen LogP contribution in [0.15, 0.2) is 56.3 Å². The second-order valence-corrected chi connectivity index (χ2v) is 9.86. The molecule has 0 saturated carbocycles. The molecule has 0 aliphatic rings. The minimum absolute atomic E-state index is 0.0370. The molecule has 39 heavy (non-hydrogen) atoms. The summed E-state index contributed by atoms with van der Waals surface area (Å²) in [5.41, 5.74) is 1.75. The zero-order chi connectivity index (χ0) is 28.2. The Kier molecular flexibility index (Phi) is 11.8. The van der Waals surface area contributed by atoms with Gasteiger partial charge in [0.2, 0.25) is 5.88 Å². The third-order valence-corrected chi connectivity index (χ3v) is 6.60. The normalized spacial score (nSPS) is 11.7. The quantitative estimate of drug-likeness (QED) is 0.119. The van der Waals surface area contributed by atoms with Gasteiger partial charge in [-0.1, -0.05) is 47.8 Å². The predicted octanol–water partition coefficient (Wildman–Crippen LogP) is 6.65. The van der Waals surface area contributed by atoms with Crippen LogP contribution in [0.25, 0.3) is 10.9 Å². The third kappa shape index (κ3) is 8.27. The van der Waals surface area contributed by atoms with Crippen LogP contribution in [-0.4, -0.2) is 60.6 Å². The standard InChI is InChI=1S/C28H36BrN5O5/c1-5-7-13-33(14-8-6-2)19-34-23-11-10-21(29)16-22(23)27(28(34)36)32-31-26(35)18-39-30-17-20-9-12-24(37-3)25(15-20)38-4/h9-12,15-17,36H,5-8,13-14,18-19H2,1-4H3/b30-17-,32-31?. The Hall–Kier alpha value is -3.44. The smallest absolute Gasteiger partial charge is 0.304 e. The number of azo groups is 1. The molecule has 1 N–H and O–H groups in total. The van der Waals surface area contributed by atoms with Gasteiger partial charge in [0.05, 0.1) is 32.6 Å². The number of oxime groups is 1. The fourth-order valence-corrected chi connectivity index (χ4v) is 4.37. The Bertz CT molecular complexity index is 1300. The van der Waals surface area contributed by atoms with Gasteiger partial charge in [-0.05, 0) is 62.3 Å². The molecule has 0 aliphatic heterocycles. The highest BCUT2D eigenvalue weighted by atomic mass is 79.9. The van der Waals surface area contributed by atoms with Crippen LogP contribution in [0.5, 0.6) is 17.4 Å². The van der Waals surface area contributed by atoms with Gasteiger partial charge in [0.15, 0.2) is 23.8 Å². The average molecular weight is 603 g/mol. The fourth-order valence-electron chi connectivity index (χ4n) is 4.01. The molecule has 0 atom stereocenters. The summed E-state index contributed by atoms with van der Waals surface area (Å²) in [6, 6.07) is 10.9. The lowest BCUT2D eigenvalue weighted by molar-refractivity contribution is -0.122. The first-order valence-electron chi connectivity index (χ1n) is 13.0. The van der Waals surface area contributed by atoms with Crippen molar-refractivity contribution in [2.45, 2.75) is 46.2 Å². The molecule has 0 spiro atoms. The monoisotopic (exact) mass is 601 g/mol. The van der Waals surface area contributed by atoms with Crippen molar-refractivity contribution in [1.82, 2.24) is 9.47 Å². The number of halogens is 1. The largest absolute Gasteiger partial charge is 0.493 e. The van der Waals surface area contributed by atoms with Gasteiger partial charge in [-0.2, -0.15) is 0 Å². The van der Waals surface area contributed by atoms with Crippen LogP contribution in [0.3, 0.4) is 0 Å². The van der Waals surface area contributed by atoms with E-state index < -0.39 is 12.5 Å². The van der Waals surface area contributed by atoms with Crippen LogP contribution in [0, 0.1) is 0 Å². The Morgan fingerprint density at radius 3 is 2.44 bits per heavy atom. The highest BCUT2D eigenvalue weighted by Gasteiger charge is 2.19. The number of aromatic nitrogens is 1. The molecule has 210 valence electrons. The van der Waals surface area contributed by atoms with Crippen LogP contribution in [0.1, 0.15) is 45.1 Å². The summed E-state index contributed by atoms with van der Waals surface area (Å²) in [7, 11) is 3.10. The van der Waals surface area contributed by atoms with Gasteiger partial charge in [-0.3, -0.25) is 14.3 Å². The number of benzene rings is 2. The van der Waals surface area contributed by atoms with E-state index in [0.717, 1.165) is 48.8 Å². The van der Waals surface area contributed by atoms with Crippen molar-refractivity contribution in [3.63, 3.8) is 0 Å². The van der Waals surface area contributed by atoms with Gasteiger partial charge >= 0.3 is 5.91 Å². The molecule has 0 aliphatic carbocycles. The van der Waals surface area contributed by atoms with Crippen molar-refractivity contribution in [2.75, 3.05) is 33.9 Å². The number of fused-ring (bicyclic) bond motifs is 1. The molecule has 3 rings (SSSR count). The van der Waals surface area contributed by atoms with E-state index in [1.165, 1.54) is 6.21 Å². The number of hydrogen-bond donors (Lipinski definition) is 1. The number of rotatable bonds is 15. The number of carbonyl (C=O) groups excluding carboxylic acids is 1. The SMILES string of the molecule is CCCCN(CCCC)Cn1c(O)c(N=NC(=O)CO/N=C\c2ccc(OC)c(OC)c2)c2cc(Br)ccc21. The number of carbonyl (C=O) groups is 1. The maximum atomic E-state index is 12.3. The van der Waals surface area contributed by atoms with Gasteiger partial charge in [0, 0.05) is 15.4 Å². The molecule has 1 heterocycles. The number of unbranched alkanes of at least 4 members (excludes halogenated alkanes) is 2. The van der Waals surface area contributed by atoms with Crippen LogP contribution < -0.4 is 9.47 Å². The summed E-state index contributed by atoms with van der Waals surface area (Å²) in [6.45, 7) is 6.31.